The van der Waals surface area contributed by atoms with E-state index in [1.165, 1.54) is 57.8 Å². The fourth-order valence-electron chi connectivity index (χ4n) is 14.1. The highest BCUT2D eigenvalue weighted by Crippen LogP contribution is 2.79. The molecule has 6 saturated carbocycles. The van der Waals surface area contributed by atoms with Crippen molar-refractivity contribution in [2.75, 3.05) is 33.4 Å². The zero-order valence-corrected chi connectivity index (χ0v) is 29.4. The maximum atomic E-state index is 14.9. The summed E-state index contributed by atoms with van der Waals surface area (Å²) in [5.41, 5.74) is 1.21. The molecule has 7 rings (SSSR count). The van der Waals surface area contributed by atoms with E-state index in [0.29, 0.717) is 59.0 Å². The topological polar surface area (TPSA) is 59.0 Å². The first-order chi connectivity index (χ1) is 20.8. The van der Waals surface area contributed by atoms with Crippen molar-refractivity contribution in [2.45, 2.75) is 144 Å². The van der Waals surface area contributed by atoms with Gasteiger partial charge >= 0.3 is 0 Å². The summed E-state index contributed by atoms with van der Waals surface area (Å²) < 4.78 is 11.3. The molecule has 0 aromatic carbocycles. The minimum Gasteiger partial charge on any atom is -0.393 e. The minimum atomic E-state index is -0.168. The van der Waals surface area contributed by atoms with Crippen LogP contribution in [0.1, 0.15) is 131 Å². The molecule has 0 bridgehead atoms. The zero-order valence-electron chi connectivity index (χ0n) is 29.4. The molecule has 1 saturated heterocycles. The van der Waals surface area contributed by atoms with Crippen molar-refractivity contribution in [3.05, 3.63) is 0 Å². The average molecular weight is 612 g/mol. The second kappa shape index (κ2) is 10.7. The molecule has 10 atom stereocenters. The van der Waals surface area contributed by atoms with E-state index < -0.39 is 0 Å². The standard InChI is InChI=1S/C39H65NO4/c1-34(2)29-11-16-38(6)30(36(29,4)15-12-31(34)41)9-8-28-32-27(35(3)18-19-35)10-17-39(32,21-20-37(28,38)5)33(42)40-22-13-26(14-23-40)44-25-24-43-7/h26-32,41H,8-25H2,1-7H3. The summed E-state index contributed by atoms with van der Waals surface area (Å²) in [6.07, 6.45) is 16.8. The molecular formula is C39H65NO4. The van der Waals surface area contributed by atoms with Crippen molar-refractivity contribution >= 4 is 5.91 Å². The van der Waals surface area contributed by atoms with Gasteiger partial charge in [0.15, 0.2) is 0 Å². The van der Waals surface area contributed by atoms with E-state index >= 15 is 0 Å². The fourth-order valence-corrected chi connectivity index (χ4v) is 14.1. The number of amides is 1. The van der Waals surface area contributed by atoms with Crippen LogP contribution in [0.25, 0.3) is 0 Å². The van der Waals surface area contributed by atoms with Gasteiger partial charge in [0.2, 0.25) is 5.91 Å². The molecule has 1 heterocycles. The molecule has 5 heteroatoms. The van der Waals surface area contributed by atoms with Crippen LogP contribution in [-0.2, 0) is 14.3 Å². The summed E-state index contributed by atoms with van der Waals surface area (Å²) in [6, 6.07) is 0. The second-order valence-corrected chi connectivity index (χ2v) is 18.9. The van der Waals surface area contributed by atoms with Crippen molar-refractivity contribution in [3.8, 4) is 0 Å². The molecule has 7 fully saturated rings. The minimum absolute atomic E-state index is 0.000393. The molecule has 6 aliphatic carbocycles. The van der Waals surface area contributed by atoms with E-state index in [-0.39, 0.29) is 28.5 Å². The van der Waals surface area contributed by atoms with Gasteiger partial charge < -0.3 is 19.5 Å². The molecule has 5 nitrogen and oxygen atoms in total. The van der Waals surface area contributed by atoms with E-state index in [1.54, 1.807) is 7.11 Å². The molecule has 1 N–H and O–H groups in total. The largest absolute Gasteiger partial charge is 0.393 e. The Morgan fingerprint density at radius 1 is 0.727 bits per heavy atom. The highest BCUT2D eigenvalue weighted by molar-refractivity contribution is 5.84. The van der Waals surface area contributed by atoms with E-state index in [9.17, 15) is 9.90 Å². The maximum absolute atomic E-state index is 14.9. The lowest BCUT2D eigenvalue weighted by atomic mass is 9.32. The number of nitrogens with zero attached hydrogens (tertiary/aromatic N) is 1. The molecule has 0 radical (unpaired) electrons. The third-order valence-corrected chi connectivity index (χ3v) is 17.1. The first kappa shape index (κ1) is 31.9. The van der Waals surface area contributed by atoms with Gasteiger partial charge in [0.1, 0.15) is 0 Å². The number of likely N-dealkylation sites (tertiary alicyclic amines) is 1. The summed E-state index contributed by atoms with van der Waals surface area (Å²) in [7, 11) is 1.73. The Labute approximate surface area is 269 Å². The maximum Gasteiger partial charge on any atom is 0.229 e. The van der Waals surface area contributed by atoms with Gasteiger partial charge in [-0.3, -0.25) is 4.79 Å². The summed E-state index contributed by atoms with van der Waals surface area (Å²) in [5.74, 6) is 3.76. The SMILES string of the molecule is COCCOC1CCN(C(=O)C23CCC(C4(C)CC4)C2C2CCC4C5(C)CCC(O)C(C)(C)C5CCC4(C)C2(C)CC3)CC1. The van der Waals surface area contributed by atoms with Crippen molar-refractivity contribution in [1.29, 1.82) is 0 Å². The van der Waals surface area contributed by atoms with E-state index in [4.69, 9.17) is 9.47 Å². The van der Waals surface area contributed by atoms with Crippen LogP contribution in [0.15, 0.2) is 0 Å². The Morgan fingerprint density at radius 3 is 2.14 bits per heavy atom. The van der Waals surface area contributed by atoms with Crippen LogP contribution in [0.3, 0.4) is 0 Å². The highest BCUT2D eigenvalue weighted by atomic mass is 16.5. The molecule has 1 amide bonds. The molecule has 0 spiro atoms. The van der Waals surface area contributed by atoms with Crippen LogP contribution in [0.2, 0.25) is 0 Å². The molecule has 1 aliphatic heterocycles. The smallest absolute Gasteiger partial charge is 0.229 e. The average Bonchev–Trinajstić information content (AvgIpc) is 3.61. The number of aliphatic hydroxyl groups excluding tert-OH is 1. The lowest BCUT2D eigenvalue weighted by Crippen LogP contribution is -2.67. The molecular weight excluding hydrogens is 546 g/mol. The van der Waals surface area contributed by atoms with Crippen LogP contribution in [0.4, 0.5) is 0 Å². The second-order valence-electron chi connectivity index (χ2n) is 18.9. The van der Waals surface area contributed by atoms with Crippen molar-refractivity contribution in [1.82, 2.24) is 4.90 Å². The van der Waals surface area contributed by atoms with Gasteiger partial charge in [-0.1, -0.05) is 41.5 Å². The van der Waals surface area contributed by atoms with Crippen LogP contribution in [0, 0.1) is 62.1 Å². The zero-order chi connectivity index (χ0) is 31.3. The van der Waals surface area contributed by atoms with Gasteiger partial charge in [0.25, 0.3) is 0 Å². The normalized spacial score (nSPS) is 49.4. The van der Waals surface area contributed by atoms with E-state index in [2.05, 4.69) is 46.4 Å². The summed E-state index contributed by atoms with van der Waals surface area (Å²) >= 11 is 0. The number of hydrogen-bond acceptors (Lipinski definition) is 4. The van der Waals surface area contributed by atoms with Crippen molar-refractivity contribution in [3.63, 3.8) is 0 Å². The number of rotatable bonds is 6. The fraction of sp³-hybridized carbons (Fsp3) is 0.974. The number of aliphatic hydroxyl groups is 1. The number of carbonyl (C=O) groups excluding carboxylic acids is 1. The van der Waals surface area contributed by atoms with Crippen LogP contribution in [-0.4, -0.2) is 61.5 Å². The summed E-state index contributed by atoms with van der Waals surface area (Å²) in [5, 5.41) is 11.1. The Kier molecular flexibility index (Phi) is 7.75. The van der Waals surface area contributed by atoms with Crippen LogP contribution in [0.5, 0.6) is 0 Å². The number of methoxy groups -OCH3 is 1. The van der Waals surface area contributed by atoms with Gasteiger partial charge in [0.05, 0.1) is 30.8 Å². The summed E-state index contributed by atoms with van der Waals surface area (Å²) in [6.45, 7) is 18.4. The van der Waals surface area contributed by atoms with Crippen LogP contribution < -0.4 is 0 Å². The predicted molar refractivity (Wildman–Crippen MR) is 175 cm³/mol. The third kappa shape index (κ3) is 4.35. The predicted octanol–water partition coefficient (Wildman–Crippen LogP) is 7.88. The van der Waals surface area contributed by atoms with Gasteiger partial charge in [-0.15, -0.1) is 0 Å². The number of piperidine rings is 1. The Morgan fingerprint density at radius 2 is 1.45 bits per heavy atom. The van der Waals surface area contributed by atoms with Crippen molar-refractivity contribution in [2.24, 2.45) is 62.1 Å². The summed E-state index contributed by atoms with van der Waals surface area (Å²) in [4.78, 5) is 17.2. The lowest BCUT2D eigenvalue weighted by Gasteiger charge is -2.73. The van der Waals surface area contributed by atoms with E-state index in [1.807, 2.05) is 0 Å². The molecule has 44 heavy (non-hydrogen) atoms. The number of carbonyl (C=O) groups is 1. The number of fused-ring (bicyclic) bond motifs is 7. The molecule has 0 aromatic heterocycles. The monoisotopic (exact) mass is 611 g/mol. The lowest BCUT2D eigenvalue weighted by molar-refractivity contribution is -0.249. The molecule has 10 unspecified atom stereocenters. The van der Waals surface area contributed by atoms with Gasteiger partial charge in [-0.2, -0.15) is 0 Å². The first-order valence-corrected chi connectivity index (χ1v) is 18.8. The Balaban J connectivity index is 1.18. The Bertz CT molecular complexity index is 1110. The highest BCUT2D eigenvalue weighted by Gasteiger charge is 2.73. The number of ether oxygens (including phenoxy) is 2. The van der Waals surface area contributed by atoms with Crippen molar-refractivity contribution < 1.29 is 19.4 Å². The molecule has 0 aromatic rings. The molecule has 250 valence electrons. The third-order valence-electron chi connectivity index (χ3n) is 17.1. The Hall–Kier alpha value is -0.650. The van der Waals surface area contributed by atoms with Gasteiger partial charge in [-0.25, -0.2) is 0 Å². The first-order valence-electron chi connectivity index (χ1n) is 18.8. The van der Waals surface area contributed by atoms with E-state index in [0.717, 1.165) is 51.1 Å². The number of hydrogen-bond donors (Lipinski definition) is 1. The van der Waals surface area contributed by atoms with Gasteiger partial charge in [0, 0.05) is 20.2 Å². The van der Waals surface area contributed by atoms with Crippen LogP contribution >= 0.6 is 0 Å². The quantitative estimate of drug-likeness (QED) is 0.311. The van der Waals surface area contributed by atoms with Gasteiger partial charge in [-0.05, 0) is 147 Å². The molecule has 7 aliphatic rings.